The summed E-state index contributed by atoms with van der Waals surface area (Å²) in [5.74, 6) is -0.173. The zero-order chi connectivity index (χ0) is 20.9. The van der Waals surface area contributed by atoms with Crippen molar-refractivity contribution in [2.75, 3.05) is 26.2 Å². The minimum Gasteiger partial charge on any atom is -0.352 e. The molecule has 2 N–H and O–H groups in total. The summed E-state index contributed by atoms with van der Waals surface area (Å²) in [7, 11) is 0. The minimum atomic E-state index is -0.376. The van der Waals surface area contributed by atoms with Crippen LogP contribution in [-0.2, 0) is 0 Å². The number of benzene rings is 1. The van der Waals surface area contributed by atoms with Crippen molar-refractivity contribution in [1.82, 2.24) is 19.8 Å². The largest absolute Gasteiger partial charge is 0.352 e. The van der Waals surface area contributed by atoms with E-state index in [9.17, 15) is 14.4 Å². The second kappa shape index (κ2) is 9.60. The van der Waals surface area contributed by atoms with E-state index in [1.807, 2.05) is 0 Å². The Kier molecular flexibility index (Phi) is 6.67. The molecule has 2 aliphatic rings. The molecule has 0 spiro atoms. The van der Waals surface area contributed by atoms with Crippen LogP contribution in [0.1, 0.15) is 74.2 Å². The molecule has 1 aromatic heterocycles. The summed E-state index contributed by atoms with van der Waals surface area (Å²) < 4.78 is 1.38. The number of hydrogen-bond donors (Lipinski definition) is 2. The van der Waals surface area contributed by atoms with Crippen molar-refractivity contribution in [1.29, 1.82) is 0 Å². The van der Waals surface area contributed by atoms with Crippen molar-refractivity contribution in [3.8, 4) is 0 Å². The molecular weight excluding hydrogens is 380 g/mol. The normalized spacial score (nSPS) is 18.5. The molecule has 1 aliphatic carbocycles. The van der Waals surface area contributed by atoms with Crippen molar-refractivity contribution in [2.45, 2.75) is 63.8 Å². The molecule has 1 aliphatic heterocycles. The van der Waals surface area contributed by atoms with Crippen LogP contribution in [0.4, 0.5) is 0 Å². The highest BCUT2D eigenvalue weighted by Crippen LogP contribution is 2.26. The Balaban J connectivity index is 1.43. The lowest BCUT2D eigenvalue weighted by Crippen LogP contribution is -2.38. The molecule has 0 atom stereocenters. The topological polar surface area (TPSA) is 87.2 Å². The number of amides is 1. The van der Waals surface area contributed by atoms with Crippen molar-refractivity contribution in [2.24, 2.45) is 0 Å². The summed E-state index contributed by atoms with van der Waals surface area (Å²) in [6.07, 6.45) is 9.77. The van der Waals surface area contributed by atoms with E-state index in [1.165, 1.54) is 23.8 Å². The third kappa shape index (κ3) is 4.67. The molecule has 1 saturated carbocycles. The van der Waals surface area contributed by atoms with Gasteiger partial charge in [0.05, 0.1) is 10.9 Å². The van der Waals surface area contributed by atoms with E-state index < -0.39 is 0 Å². The molecule has 2 aromatic rings. The summed E-state index contributed by atoms with van der Waals surface area (Å²) >= 11 is 0. The van der Waals surface area contributed by atoms with Crippen molar-refractivity contribution in [3.05, 3.63) is 44.6 Å². The van der Waals surface area contributed by atoms with Gasteiger partial charge in [-0.3, -0.25) is 14.2 Å². The van der Waals surface area contributed by atoms with E-state index in [2.05, 4.69) is 15.2 Å². The third-order valence-electron chi connectivity index (χ3n) is 6.52. The number of aromatic nitrogens is 2. The molecule has 7 nitrogen and oxygen atoms in total. The van der Waals surface area contributed by atoms with Crippen molar-refractivity contribution < 1.29 is 4.79 Å². The third-order valence-corrected chi connectivity index (χ3v) is 6.52. The number of nitrogens with one attached hydrogen (secondary N) is 2. The smallest absolute Gasteiger partial charge is 0.329 e. The van der Waals surface area contributed by atoms with Gasteiger partial charge >= 0.3 is 5.69 Å². The van der Waals surface area contributed by atoms with E-state index in [1.54, 1.807) is 18.2 Å². The van der Waals surface area contributed by atoms with Crippen LogP contribution in [0.15, 0.2) is 27.8 Å². The summed E-state index contributed by atoms with van der Waals surface area (Å²) in [5.41, 5.74) is 0.261. The Bertz CT molecular complexity index is 998. The highest BCUT2D eigenvalue weighted by atomic mass is 16.2. The van der Waals surface area contributed by atoms with Gasteiger partial charge in [-0.15, -0.1) is 0 Å². The number of fused-ring (bicyclic) bond motifs is 1. The Hall–Kier alpha value is -2.41. The van der Waals surface area contributed by atoms with Crippen LogP contribution in [-0.4, -0.2) is 46.5 Å². The maximum absolute atomic E-state index is 12.9. The van der Waals surface area contributed by atoms with Gasteiger partial charge in [0, 0.05) is 18.2 Å². The standard InChI is InChI=1S/C23H32N4O3/c28-21(24-12-7-15-26-13-5-2-6-14-26)17-10-11-19-20(16-17)25-23(30)27(22(19)29)18-8-3-1-4-9-18/h10-11,16,18H,1-9,12-15H2,(H,24,28)(H,25,30). The Labute approximate surface area is 176 Å². The number of rotatable bonds is 6. The highest BCUT2D eigenvalue weighted by molar-refractivity contribution is 5.97. The molecule has 162 valence electrons. The summed E-state index contributed by atoms with van der Waals surface area (Å²) in [6, 6.07) is 4.92. The molecule has 0 bridgehead atoms. The van der Waals surface area contributed by atoms with Crippen LogP contribution in [0.25, 0.3) is 10.9 Å². The van der Waals surface area contributed by atoms with Crippen LogP contribution in [0.5, 0.6) is 0 Å². The molecule has 4 rings (SSSR count). The molecule has 2 fully saturated rings. The van der Waals surface area contributed by atoms with E-state index in [4.69, 9.17) is 0 Å². The van der Waals surface area contributed by atoms with Gasteiger partial charge in [-0.05, 0) is 69.9 Å². The molecule has 1 saturated heterocycles. The molecule has 1 aromatic carbocycles. The van der Waals surface area contributed by atoms with Gasteiger partial charge in [0.2, 0.25) is 0 Å². The SMILES string of the molecule is O=C(NCCCN1CCCCC1)c1ccc2c(=O)n(C3CCCCC3)c(=O)[nH]c2c1. The maximum atomic E-state index is 12.9. The lowest BCUT2D eigenvalue weighted by atomic mass is 9.95. The van der Waals surface area contributed by atoms with Crippen LogP contribution in [0.3, 0.4) is 0 Å². The first-order chi connectivity index (χ1) is 14.6. The number of carbonyl (C=O) groups excluding carboxylic acids is 1. The fourth-order valence-corrected chi connectivity index (χ4v) is 4.83. The summed E-state index contributed by atoms with van der Waals surface area (Å²) in [6.45, 7) is 3.94. The van der Waals surface area contributed by atoms with Gasteiger partial charge < -0.3 is 15.2 Å². The molecule has 0 radical (unpaired) electrons. The van der Waals surface area contributed by atoms with Crippen molar-refractivity contribution >= 4 is 16.8 Å². The second-order valence-corrected chi connectivity index (χ2v) is 8.67. The fraction of sp³-hybridized carbons (Fsp3) is 0.609. The van der Waals surface area contributed by atoms with Gasteiger partial charge in [-0.25, -0.2) is 4.79 Å². The van der Waals surface area contributed by atoms with Crippen molar-refractivity contribution in [3.63, 3.8) is 0 Å². The Morgan fingerprint density at radius 1 is 1.03 bits per heavy atom. The lowest BCUT2D eigenvalue weighted by Gasteiger charge is -2.26. The minimum absolute atomic E-state index is 0.0257. The zero-order valence-electron chi connectivity index (χ0n) is 17.6. The zero-order valence-corrected chi connectivity index (χ0v) is 17.6. The number of nitrogens with zero attached hydrogens (tertiary/aromatic N) is 2. The highest BCUT2D eigenvalue weighted by Gasteiger charge is 2.20. The summed E-state index contributed by atoms with van der Waals surface area (Å²) in [5, 5.41) is 3.41. The maximum Gasteiger partial charge on any atom is 0.329 e. The number of aromatic amines is 1. The first-order valence-electron chi connectivity index (χ1n) is 11.4. The second-order valence-electron chi connectivity index (χ2n) is 8.67. The predicted molar refractivity (Wildman–Crippen MR) is 118 cm³/mol. The van der Waals surface area contributed by atoms with E-state index in [0.29, 0.717) is 23.0 Å². The number of hydrogen-bond acceptors (Lipinski definition) is 4. The van der Waals surface area contributed by atoms with Gasteiger partial charge in [-0.1, -0.05) is 25.7 Å². The van der Waals surface area contributed by atoms with E-state index in [0.717, 1.165) is 58.2 Å². The fourth-order valence-electron chi connectivity index (χ4n) is 4.83. The molecule has 30 heavy (non-hydrogen) atoms. The van der Waals surface area contributed by atoms with Crippen LogP contribution in [0.2, 0.25) is 0 Å². The average Bonchev–Trinajstić information content (AvgIpc) is 2.77. The Morgan fingerprint density at radius 3 is 2.53 bits per heavy atom. The lowest BCUT2D eigenvalue weighted by molar-refractivity contribution is 0.0951. The monoisotopic (exact) mass is 412 g/mol. The predicted octanol–water partition coefficient (Wildman–Crippen LogP) is 2.80. The molecule has 0 unspecified atom stereocenters. The van der Waals surface area contributed by atoms with E-state index >= 15 is 0 Å². The van der Waals surface area contributed by atoms with Crippen LogP contribution >= 0.6 is 0 Å². The molecule has 1 amide bonds. The number of carbonyl (C=O) groups is 1. The first kappa shape index (κ1) is 20.8. The Morgan fingerprint density at radius 2 is 1.77 bits per heavy atom. The van der Waals surface area contributed by atoms with Gasteiger partial charge in [-0.2, -0.15) is 0 Å². The molecule has 2 heterocycles. The number of likely N-dealkylation sites (tertiary alicyclic amines) is 1. The number of piperidine rings is 1. The summed E-state index contributed by atoms with van der Waals surface area (Å²) in [4.78, 5) is 43.3. The van der Waals surface area contributed by atoms with E-state index in [-0.39, 0.29) is 23.2 Å². The average molecular weight is 413 g/mol. The van der Waals surface area contributed by atoms with Gasteiger partial charge in [0.1, 0.15) is 0 Å². The van der Waals surface area contributed by atoms with Crippen LogP contribution < -0.4 is 16.6 Å². The van der Waals surface area contributed by atoms with Gasteiger partial charge in [0.15, 0.2) is 0 Å². The number of H-pyrrole nitrogens is 1. The van der Waals surface area contributed by atoms with Crippen LogP contribution in [0, 0.1) is 0 Å². The molecular formula is C23H32N4O3. The first-order valence-corrected chi connectivity index (χ1v) is 11.4. The molecule has 7 heteroatoms. The quantitative estimate of drug-likeness (QED) is 0.715. The van der Waals surface area contributed by atoms with Gasteiger partial charge in [0.25, 0.3) is 11.5 Å².